The van der Waals surface area contributed by atoms with Crippen LogP contribution in [-0.2, 0) is 4.79 Å². The zero-order chi connectivity index (χ0) is 15.4. The molecule has 0 unspecified atom stereocenters. The van der Waals surface area contributed by atoms with Gasteiger partial charge in [0.2, 0.25) is 0 Å². The number of nitrogens with zero attached hydrogens (tertiary/aromatic N) is 3. The molecule has 1 aromatic heterocycles. The number of likely N-dealkylation sites (N-methyl/N-ethyl adjacent to an activating group) is 1. The normalized spacial score (nSPS) is 11.0. The van der Waals surface area contributed by atoms with Gasteiger partial charge < -0.3 is 14.9 Å². The fourth-order valence-corrected chi connectivity index (χ4v) is 2.65. The van der Waals surface area contributed by atoms with Crippen LogP contribution >= 0.6 is 15.9 Å². The van der Waals surface area contributed by atoms with Crippen LogP contribution in [0, 0.1) is 0 Å². The quantitative estimate of drug-likeness (QED) is 0.866. The number of pyridine rings is 1. The molecular weight excluding hydrogens is 334 g/mol. The van der Waals surface area contributed by atoms with Crippen LogP contribution < -0.4 is 4.90 Å². The van der Waals surface area contributed by atoms with Crippen LogP contribution in [0.5, 0.6) is 0 Å². The molecule has 5 nitrogen and oxygen atoms in total. The number of rotatable bonds is 6. The van der Waals surface area contributed by atoms with Gasteiger partial charge in [-0.25, -0.2) is 4.98 Å². The molecule has 0 bridgehead atoms. The predicted molar refractivity (Wildman–Crippen MR) is 87.8 cm³/mol. The van der Waals surface area contributed by atoms with Crippen molar-refractivity contribution in [2.45, 2.75) is 0 Å². The maximum Gasteiger partial charge on any atom is 0.323 e. The van der Waals surface area contributed by atoms with Crippen molar-refractivity contribution in [3.8, 4) is 0 Å². The Morgan fingerprint density at radius 2 is 2.00 bits per heavy atom. The second-order valence-electron chi connectivity index (χ2n) is 5.09. The molecule has 0 aliphatic heterocycles. The molecule has 1 aromatic carbocycles. The minimum Gasteiger partial charge on any atom is -0.480 e. The lowest BCUT2D eigenvalue weighted by atomic mass is 10.1. The molecule has 21 heavy (non-hydrogen) atoms. The highest BCUT2D eigenvalue weighted by Gasteiger charge is 2.15. The van der Waals surface area contributed by atoms with Crippen LogP contribution in [0.25, 0.3) is 10.8 Å². The number of carboxylic acid groups (broad SMARTS) is 1. The van der Waals surface area contributed by atoms with Gasteiger partial charge in [-0.15, -0.1) is 0 Å². The Labute approximate surface area is 132 Å². The predicted octanol–water partition coefficient (Wildman–Crippen LogP) is 2.45. The van der Waals surface area contributed by atoms with Crippen LogP contribution in [0.15, 0.2) is 34.9 Å². The second kappa shape index (κ2) is 6.87. The third-order valence-corrected chi connectivity index (χ3v) is 3.87. The summed E-state index contributed by atoms with van der Waals surface area (Å²) < 4.78 is 0.978. The van der Waals surface area contributed by atoms with E-state index in [0.717, 1.165) is 21.8 Å². The molecule has 6 heteroatoms. The topological polar surface area (TPSA) is 56.7 Å². The van der Waals surface area contributed by atoms with E-state index >= 15 is 0 Å². The van der Waals surface area contributed by atoms with Crippen LogP contribution in [0.1, 0.15) is 0 Å². The van der Waals surface area contributed by atoms with Crippen molar-refractivity contribution in [3.63, 3.8) is 0 Å². The molecule has 0 saturated heterocycles. The summed E-state index contributed by atoms with van der Waals surface area (Å²) in [5.74, 6) is -0.152. The van der Waals surface area contributed by atoms with Crippen LogP contribution in [0.3, 0.4) is 0 Å². The average Bonchev–Trinajstić information content (AvgIpc) is 2.43. The molecule has 2 rings (SSSR count). The highest BCUT2D eigenvalue weighted by molar-refractivity contribution is 9.10. The lowest BCUT2D eigenvalue weighted by molar-refractivity contribution is -0.135. The van der Waals surface area contributed by atoms with Gasteiger partial charge in [0.05, 0.1) is 0 Å². The summed E-state index contributed by atoms with van der Waals surface area (Å²) in [5.41, 5.74) is 0. The van der Waals surface area contributed by atoms with E-state index in [1.165, 1.54) is 0 Å². The van der Waals surface area contributed by atoms with Gasteiger partial charge >= 0.3 is 5.97 Å². The first-order valence-electron chi connectivity index (χ1n) is 6.63. The molecular formula is C15H18BrN3O2. The van der Waals surface area contributed by atoms with Gasteiger partial charge in [-0.3, -0.25) is 4.79 Å². The first-order valence-corrected chi connectivity index (χ1v) is 7.43. The lowest BCUT2D eigenvalue weighted by Crippen LogP contribution is -2.36. The lowest BCUT2D eigenvalue weighted by Gasteiger charge is -2.25. The van der Waals surface area contributed by atoms with E-state index in [1.54, 1.807) is 11.1 Å². The van der Waals surface area contributed by atoms with Gasteiger partial charge in [0, 0.05) is 34.5 Å². The Morgan fingerprint density at radius 1 is 1.24 bits per heavy atom. The first kappa shape index (κ1) is 15.7. The third-order valence-electron chi connectivity index (χ3n) is 3.17. The fraction of sp³-hybridized carbons (Fsp3) is 0.333. The summed E-state index contributed by atoms with van der Waals surface area (Å²) in [4.78, 5) is 19.4. The first-order chi connectivity index (χ1) is 9.99. The number of carboxylic acids is 1. The molecule has 0 saturated carbocycles. The summed E-state index contributed by atoms with van der Waals surface area (Å²) >= 11 is 3.52. The molecule has 2 aromatic rings. The zero-order valence-electron chi connectivity index (χ0n) is 12.1. The van der Waals surface area contributed by atoms with Crippen molar-refractivity contribution in [2.24, 2.45) is 0 Å². The van der Waals surface area contributed by atoms with E-state index in [2.05, 4.69) is 20.9 Å². The molecule has 0 aliphatic rings. The number of benzene rings is 1. The number of hydrogen-bond donors (Lipinski definition) is 1. The number of carbonyl (C=O) groups is 1. The number of halogens is 1. The van der Waals surface area contributed by atoms with Crippen molar-refractivity contribution >= 4 is 38.5 Å². The maximum absolute atomic E-state index is 11.1. The molecule has 0 radical (unpaired) electrons. The third kappa shape index (κ3) is 3.92. The van der Waals surface area contributed by atoms with Gasteiger partial charge in [-0.05, 0) is 26.2 Å². The number of hydrogen-bond acceptors (Lipinski definition) is 4. The van der Waals surface area contributed by atoms with Crippen molar-refractivity contribution in [1.29, 1.82) is 0 Å². The van der Waals surface area contributed by atoms with Crippen LogP contribution in [-0.4, -0.2) is 54.7 Å². The maximum atomic E-state index is 11.1. The van der Waals surface area contributed by atoms with Crippen molar-refractivity contribution < 1.29 is 9.90 Å². The van der Waals surface area contributed by atoms with Crippen LogP contribution in [0.2, 0.25) is 0 Å². The zero-order valence-corrected chi connectivity index (χ0v) is 13.7. The Hall–Kier alpha value is -1.66. The number of aliphatic carboxylic acids is 1. The summed E-state index contributed by atoms with van der Waals surface area (Å²) in [6.45, 7) is 1.31. The summed E-state index contributed by atoms with van der Waals surface area (Å²) in [6.07, 6.45) is 1.72. The largest absolute Gasteiger partial charge is 0.480 e. The van der Waals surface area contributed by atoms with Gasteiger partial charge in [-0.2, -0.15) is 0 Å². The Kier molecular flexibility index (Phi) is 5.14. The Balaban J connectivity index is 2.43. The van der Waals surface area contributed by atoms with E-state index in [-0.39, 0.29) is 6.54 Å². The summed E-state index contributed by atoms with van der Waals surface area (Å²) in [7, 11) is 3.93. The monoisotopic (exact) mass is 351 g/mol. The molecule has 0 aliphatic carbocycles. The van der Waals surface area contributed by atoms with Crippen LogP contribution in [0.4, 0.5) is 5.82 Å². The highest BCUT2D eigenvalue weighted by Crippen LogP contribution is 2.29. The van der Waals surface area contributed by atoms with Crippen molar-refractivity contribution in [2.75, 3.05) is 38.6 Å². The number of fused-ring (bicyclic) bond motifs is 1. The molecule has 0 amide bonds. The molecule has 0 spiro atoms. The highest BCUT2D eigenvalue weighted by atomic mass is 79.9. The summed E-state index contributed by atoms with van der Waals surface area (Å²) in [5, 5.41) is 11.1. The SMILES string of the molecule is CN(C)CCN(CC(=O)O)c1nccc2c(Br)cccc12. The molecule has 1 heterocycles. The molecule has 1 N–H and O–H groups in total. The molecule has 0 atom stereocenters. The van der Waals surface area contributed by atoms with Gasteiger partial charge in [0.25, 0.3) is 0 Å². The minimum atomic E-state index is -0.859. The Bertz CT molecular complexity index is 646. The minimum absolute atomic E-state index is 0.0630. The smallest absolute Gasteiger partial charge is 0.323 e. The number of anilines is 1. The number of aromatic nitrogens is 1. The van der Waals surface area contributed by atoms with E-state index in [9.17, 15) is 4.79 Å². The second-order valence-corrected chi connectivity index (χ2v) is 5.94. The fourth-order valence-electron chi connectivity index (χ4n) is 2.15. The van der Waals surface area contributed by atoms with E-state index in [1.807, 2.05) is 43.3 Å². The average molecular weight is 352 g/mol. The standard InChI is InChI=1S/C15H18BrN3O2/c1-18(2)8-9-19(10-14(20)21)15-12-4-3-5-13(16)11(12)6-7-17-15/h3-7H,8-10H2,1-2H3,(H,20,21). The summed E-state index contributed by atoms with van der Waals surface area (Å²) in [6, 6.07) is 7.79. The van der Waals surface area contributed by atoms with Gasteiger partial charge in [0.15, 0.2) is 0 Å². The van der Waals surface area contributed by atoms with Crippen molar-refractivity contribution in [1.82, 2.24) is 9.88 Å². The van der Waals surface area contributed by atoms with Gasteiger partial charge in [0.1, 0.15) is 12.4 Å². The Morgan fingerprint density at radius 3 is 2.67 bits per heavy atom. The van der Waals surface area contributed by atoms with E-state index in [0.29, 0.717) is 12.4 Å². The van der Waals surface area contributed by atoms with E-state index in [4.69, 9.17) is 5.11 Å². The van der Waals surface area contributed by atoms with E-state index < -0.39 is 5.97 Å². The van der Waals surface area contributed by atoms with Crippen molar-refractivity contribution in [3.05, 3.63) is 34.9 Å². The van der Waals surface area contributed by atoms with Gasteiger partial charge in [-0.1, -0.05) is 28.1 Å². The molecule has 112 valence electrons. The molecule has 0 fully saturated rings.